The summed E-state index contributed by atoms with van der Waals surface area (Å²) in [6.45, 7) is 0. The van der Waals surface area contributed by atoms with Gasteiger partial charge in [0, 0.05) is 6.07 Å². The van der Waals surface area contributed by atoms with Crippen LogP contribution in [0.4, 0.5) is 5.69 Å². The normalized spacial score (nSPS) is 15.7. The highest BCUT2D eigenvalue weighted by Gasteiger charge is 2.44. The minimum Gasteiger partial charge on any atom is -0.508 e. The van der Waals surface area contributed by atoms with Crippen LogP contribution in [0, 0.1) is 0 Å². The highest BCUT2D eigenvalue weighted by Crippen LogP contribution is 2.41. The number of rotatable bonds is 2. The molecule has 22 heavy (non-hydrogen) atoms. The molecule has 2 N–H and O–H groups in total. The van der Waals surface area contributed by atoms with Gasteiger partial charge in [0.15, 0.2) is 0 Å². The van der Waals surface area contributed by atoms with Crippen molar-refractivity contribution in [2.45, 2.75) is 4.90 Å². The Morgan fingerprint density at radius 1 is 1.09 bits per heavy atom. The largest absolute Gasteiger partial charge is 0.508 e. The Kier molecular flexibility index (Phi) is 2.99. The number of carbonyl (C=O) groups excluding carboxylic acids is 1. The fourth-order valence-corrected chi connectivity index (χ4v) is 3.96. The number of phenols is 2. The van der Waals surface area contributed by atoms with E-state index in [0.717, 1.165) is 12.1 Å². The van der Waals surface area contributed by atoms with Gasteiger partial charge in [-0.15, -0.1) is 0 Å². The topological polar surface area (TPSA) is 104 Å². The summed E-state index contributed by atoms with van der Waals surface area (Å²) in [6.07, 6.45) is 0. The smallest absolute Gasteiger partial charge is 0.275 e. The second kappa shape index (κ2) is 4.63. The molecule has 0 spiro atoms. The second-order valence-electron chi connectivity index (χ2n) is 4.61. The lowest BCUT2D eigenvalue weighted by atomic mass is 10.2. The van der Waals surface area contributed by atoms with E-state index in [1.54, 1.807) is 0 Å². The summed E-state index contributed by atoms with van der Waals surface area (Å²) in [6, 6.07) is 7.74. The van der Waals surface area contributed by atoms with Crippen LogP contribution in [0.1, 0.15) is 10.4 Å². The molecular formula is C14H11NO6S. The van der Waals surface area contributed by atoms with Crippen LogP contribution in [0.25, 0.3) is 0 Å². The van der Waals surface area contributed by atoms with Gasteiger partial charge >= 0.3 is 0 Å². The number of carbonyl (C=O) groups is 1. The maximum atomic E-state index is 12.5. The number of hydrogen-bond donors (Lipinski definition) is 2. The maximum Gasteiger partial charge on any atom is 0.275 e. The van der Waals surface area contributed by atoms with E-state index in [1.165, 1.54) is 31.4 Å². The number of sulfonamides is 1. The van der Waals surface area contributed by atoms with Crippen molar-refractivity contribution in [3.63, 3.8) is 0 Å². The first-order chi connectivity index (χ1) is 10.4. The molecule has 1 amide bonds. The van der Waals surface area contributed by atoms with E-state index in [4.69, 9.17) is 4.74 Å². The first-order valence-corrected chi connectivity index (χ1v) is 7.60. The first-order valence-electron chi connectivity index (χ1n) is 6.16. The van der Waals surface area contributed by atoms with E-state index in [9.17, 15) is 23.4 Å². The number of nitrogens with zero attached hydrogens (tertiary/aromatic N) is 1. The number of anilines is 1. The molecule has 0 unspecified atom stereocenters. The molecule has 0 saturated heterocycles. The predicted octanol–water partition coefficient (Wildman–Crippen LogP) is 1.46. The van der Waals surface area contributed by atoms with Crippen molar-refractivity contribution in [1.29, 1.82) is 0 Å². The summed E-state index contributed by atoms with van der Waals surface area (Å²) in [4.78, 5) is 11.9. The fraction of sp³-hybridized carbons (Fsp3) is 0.0714. The zero-order chi connectivity index (χ0) is 16.1. The molecule has 0 atom stereocenters. The molecule has 0 fully saturated rings. The minimum atomic E-state index is -4.23. The molecule has 7 nitrogen and oxygen atoms in total. The lowest BCUT2D eigenvalue weighted by Crippen LogP contribution is -2.29. The Labute approximate surface area is 126 Å². The number of fused-ring (bicyclic) bond motifs is 1. The molecule has 1 aliphatic heterocycles. The Balaban J connectivity index is 2.19. The van der Waals surface area contributed by atoms with Crippen molar-refractivity contribution in [1.82, 2.24) is 0 Å². The van der Waals surface area contributed by atoms with Gasteiger partial charge in [0.1, 0.15) is 22.1 Å². The van der Waals surface area contributed by atoms with Gasteiger partial charge in [0.2, 0.25) is 0 Å². The summed E-state index contributed by atoms with van der Waals surface area (Å²) in [5.41, 5.74) is -0.158. The molecular weight excluding hydrogens is 310 g/mol. The molecule has 114 valence electrons. The van der Waals surface area contributed by atoms with Crippen molar-refractivity contribution in [3.8, 4) is 17.2 Å². The van der Waals surface area contributed by atoms with Gasteiger partial charge in [-0.05, 0) is 30.3 Å². The molecule has 8 heteroatoms. The summed E-state index contributed by atoms with van der Waals surface area (Å²) in [5.74, 6) is -1.40. The van der Waals surface area contributed by atoms with Gasteiger partial charge in [-0.3, -0.25) is 4.79 Å². The Hall–Kier alpha value is -2.74. The van der Waals surface area contributed by atoms with Gasteiger partial charge in [-0.2, -0.15) is 4.31 Å². The maximum absolute atomic E-state index is 12.5. The summed E-state index contributed by atoms with van der Waals surface area (Å²) in [7, 11) is -2.77. The number of phenolic OH excluding ortho intramolecular Hbond substituents is 2. The monoisotopic (exact) mass is 321 g/mol. The van der Waals surface area contributed by atoms with Crippen molar-refractivity contribution >= 4 is 21.6 Å². The molecule has 1 heterocycles. The van der Waals surface area contributed by atoms with Crippen LogP contribution in [0.3, 0.4) is 0 Å². The molecule has 0 aliphatic carbocycles. The van der Waals surface area contributed by atoms with Crippen LogP contribution in [-0.4, -0.2) is 31.6 Å². The van der Waals surface area contributed by atoms with Gasteiger partial charge < -0.3 is 14.9 Å². The molecule has 0 bridgehead atoms. The minimum absolute atomic E-state index is 0.112. The molecule has 0 aromatic heterocycles. The van der Waals surface area contributed by atoms with Gasteiger partial charge in [0.25, 0.3) is 15.9 Å². The molecule has 0 radical (unpaired) electrons. The number of methoxy groups -OCH3 is 1. The number of amides is 1. The molecule has 3 rings (SSSR count). The van der Waals surface area contributed by atoms with Crippen LogP contribution in [0.2, 0.25) is 0 Å². The zero-order valence-electron chi connectivity index (χ0n) is 11.3. The third-order valence-corrected chi connectivity index (χ3v) is 5.08. The van der Waals surface area contributed by atoms with Gasteiger partial charge in [-0.25, -0.2) is 8.42 Å². The Morgan fingerprint density at radius 3 is 2.32 bits per heavy atom. The highest BCUT2D eigenvalue weighted by atomic mass is 32.2. The van der Waals surface area contributed by atoms with Crippen LogP contribution in [0.15, 0.2) is 41.3 Å². The van der Waals surface area contributed by atoms with Crippen LogP contribution < -0.4 is 9.04 Å². The van der Waals surface area contributed by atoms with E-state index in [1.807, 2.05) is 0 Å². The number of aromatic hydroxyl groups is 2. The van der Waals surface area contributed by atoms with Crippen molar-refractivity contribution in [3.05, 3.63) is 42.0 Å². The van der Waals surface area contributed by atoms with Crippen molar-refractivity contribution in [2.24, 2.45) is 0 Å². The fourth-order valence-electron chi connectivity index (χ4n) is 2.31. The molecule has 2 aromatic rings. The van der Waals surface area contributed by atoms with E-state index in [0.29, 0.717) is 10.1 Å². The third-order valence-electron chi connectivity index (χ3n) is 3.27. The predicted molar refractivity (Wildman–Crippen MR) is 76.8 cm³/mol. The average molecular weight is 321 g/mol. The van der Waals surface area contributed by atoms with Crippen molar-refractivity contribution < 1.29 is 28.2 Å². The molecule has 1 aliphatic rings. The standard InChI is InChI=1S/C14H11NO6S/c1-21-10-4-2-8(3-5-10)15-14(18)11-6-9(16)7-12(17)13(11)22(15,19)20/h2-7,16-17H,1H3. The van der Waals surface area contributed by atoms with E-state index in [2.05, 4.69) is 0 Å². The van der Waals surface area contributed by atoms with E-state index < -0.39 is 32.3 Å². The van der Waals surface area contributed by atoms with Crippen LogP contribution in [-0.2, 0) is 10.0 Å². The van der Waals surface area contributed by atoms with E-state index in [-0.39, 0.29) is 11.3 Å². The Morgan fingerprint density at radius 2 is 1.73 bits per heavy atom. The number of ether oxygens (including phenoxy) is 1. The van der Waals surface area contributed by atoms with Crippen molar-refractivity contribution in [2.75, 3.05) is 11.4 Å². The number of hydrogen-bond acceptors (Lipinski definition) is 6. The first kappa shape index (κ1) is 14.2. The zero-order valence-corrected chi connectivity index (χ0v) is 12.2. The lowest BCUT2D eigenvalue weighted by Gasteiger charge is -2.15. The lowest BCUT2D eigenvalue weighted by molar-refractivity contribution is 0.101. The Bertz CT molecular complexity index is 873. The average Bonchev–Trinajstić information content (AvgIpc) is 2.66. The third kappa shape index (κ3) is 1.88. The second-order valence-corrected chi connectivity index (χ2v) is 6.34. The molecule has 0 saturated carbocycles. The van der Waals surface area contributed by atoms with Crippen LogP contribution >= 0.6 is 0 Å². The SMILES string of the molecule is COc1ccc(N2C(=O)c3cc(O)cc(O)c3S2(=O)=O)cc1. The highest BCUT2D eigenvalue weighted by molar-refractivity contribution is 7.94. The summed E-state index contributed by atoms with van der Waals surface area (Å²) in [5, 5.41) is 19.2. The summed E-state index contributed by atoms with van der Waals surface area (Å²) >= 11 is 0. The quantitative estimate of drug-likeness (QED) is 0.867. The van der Waals surface area contributed by atoms with Gasteiger partial charge in [0.05, 0.1) is 18.4 Å². The molecule has 2 aromatic carbocycles. The van der Waals surface area contributed by atoms with Gasteiger partial charge in [-0.1, -0.05) is 0 Å². The number of benzene rings is 2. The summed E-state index contributed by atoms with van der Waals surface area (Å²) < 4.78 is 30.6. The van der Waals surface area contributed by atoms with Crippen LogP contribution in [0.5, 0.6) is 17.2 Å². The van der Waals surface area contributed by atoms with E-state index >= 15 is 0 Å².